The van der Waals surface area contributed by atoms with Gasteiger partial charge >= 0.3 is 57.4 Å². The first-order valence-electron chi connectivity index (χ1n) is 9.98. The standard InChI is InChI=1S/C20H40O3.K.H/c1-3-4-5-6-7-8-9-10-11-12-13-14-15-16-17-22-18-19-23-20(2)21;;/h3-19H2,1-2H3;;/q;+1;-1. The zero-order valence-corrected chi connectivity index (χ0v) is 19.9. The van der Waals surface area contributed by atoms with Crippen LogP contribution >= 0.6 is 0 Å². The molecular weight excluding hydrogens is 327 g/mol. The molecule has 0 amide bonds. The quantitative estimate of drug-likeness (QED) is 0.212. The minimum absolute atomic E-state index is 0. The molecule has 0 radical (unpaired) electrons. The van der Waals surface area contributed by atoms with Gasteiger partial charge in [-0.2, -0.15) is 0 Å². The first kappa shape index (κ1) is 27.3. The van der Waals surface area contributed by atoms with Gasteiger partial charge in [0.05, 0.1) is 6.61 Å². The molecule has 0 N–H and O–H groups in total. The van der Waals surface area contributed by atoms with Gasteiger partial charge in [-0.25, -0.2) is 0 Å². The van der Waals surface area contributed by atoms with E-state index >= 15 is 0 Å². The summed E-state index contributed by atoms with van der Waals surface area (Å²) < 4.78 is 10.2. The summed E-state index contributed by atoms with van der Waals surface area (Å²) in [4.78, 5) is 10.5. The fourth-order valence-corrected chi connectivity index (χ4v) is 2.75. The topological polar surface area (TPSA) is 35.5 Å². The maximum absolute atomic E-state index is 10.5. The molecule has 0 aliphatic rings. The number of rotatable bonds is 18. The minimum atomic E-state index is -0.231. The largest absolute Gasteiger partial charge is 1.00 e. The van der Waals surface area contributed by atoms with E-state index in [1.54, 1.807) is 0 Å². The van der Waals surface area contributed by atoms with Crippen LogP contribution in [0.5, 0.6) is 0 Å². The Morgan fingerprint density at radius 1 is 0.667 bits per heavy atom. The molecule has 0 rings (SSSR count). The second-order valence-electron chi connectivity index (χ2n) is 6.55. The molecule has 0 spiro atoms. The Hall–Kier alpha value is 1.07. The van der Waals surface area contributed by atoms with Gasteiger partial charge in [-0.05, 0) is 6.42 Å². The Morgan fingerprint density at radius 3 is 1.50 bits per heavy atom. The van der Waals surface area contributed by atoms with Crippen molar-refractivity contribution >= 4 is 5.97 Å². The number of carbonyl (C=O) groups is 1. The van der Waals surface area contributed by atoms with E-state index in [4.69, 9.17) is 9.47 Å². The van der Waals surface area contributed by atoms with Crippen molar-refractivity contribution in [2.45, 2.75) is 104 Å². The van der Waals surface area contributed by atoms with E-state index in [2.05, 4.69) is 6.92 Å². The molecule has 0 aromatic carbocycles. The van der Waals surface area contributed by atoms with Gasteiger partial charge in [0.25, 0.3) is 0 Å². The second kappa shape index (κ2) is 24.1. The average Bonchev–Trinajstić information content (AvgIpc) is 2.53. The van der Waals surface area contributed by atoms with Crippen molar-refractivity contribution in [2.24, 2.45) is 0 Å². The summed E-state index contributed by atoms with van der Waals surface area (Å²) in [5.74, 6) is -0.231. The van der Waals surface area contributed by atoms with E-state index in [1.807, 2.05) is 0 Å². The number of hydrogen-bond acceptors (Lipinski definition) is 3. The fraction of sp³-hybridized carbons (Fsp3) is 0.950. The number of esters is 1. The zero-order valence-electron chi connectivity index (χ0n) is 17.7. The first-order valence-corrected chi connectivity index (χ1v) is 9.98. The molecule has 0 heterocycles. The van der Waals surface area contributed by atoms with Crippen LogP contribution in [-0.2, 0) is 14.3 Å². The third-order valence-electron chi connectivity index (χ3n) is 4.18. The second-order valence-corrected chi connectivity index (χ2v) is 6.55. The van der Waals surface area contributed by atoms with Gasteiger partial charge in [-0.15, -0.1) is 0 Å². The third kappa shape index (κ3) is 25.3. The third-order valence-corrected chi connectivity index (χ3v) is 4.18. The predicted molar refractivity (Wildman–Crippen MR) is 98.9 cm³/mol. The summed E-state index contributed by atoms with van der Waals surface area (Å²) in [5, 5.41) is 0. The molecule has 4 heteroatoms. The maximum Gasteiger partial charge on any atom is 1.00 e. The molecule has 3 nitrogen and oxygen atoms in total. The van der Waals surface area contributed by atoms with E-state index in [0.717, 1.165) is 13.0 Å². The SMILES string of the molecule is CCCCCCCCCCCCCCCCOCCOC(C)=O.[H-].[K+]. The van der Waals surface area contributed by atoms with Gasteiger partial charge in [0.15, 0.2) is 0 Å². The van der Waals surface area contributed by atoms with Crippen LogP contribution in [0.4, 0.5) is 0 Å². The molecule has 140 valence electrons. The van der Waals surface area contributed by atoms with Crippen molar-refractivity contribution in [1.29, 1.82) is 0 Å². The summed E-state index contributed by atoms with van der Waals surface area (Å²) in [6.45, 7) is 5.40. The van der Waals surface area contributed by atoms with Crippen LogP contribution in [0.2, 0.25) is 0 Å². The van der Waals surface area contributed by atoms with Crippen LogP contribution < -0.4 is 51.4 Å². The van der Waals surface area contributed by atoms with E-state index in [9.17, 15) is 4.79 Å². The molecule has 0 bridgehead atoms. The van der Waals surface area contributed by atoms with Crippen LogP contribution in [-0.4, -0.2) is 25.8 Å². The summed E-state index contributed by atoms with van der Waals surface area (Å²) in [6, 6.07) is 0. The van der Waals surface area contributed by atoms with Crippen LogP contribution in [0.25, 0.3) is 0 Å². The Bertz CT molecular complexity index is 253. The van der Waals surface area contributed by atoms with Crippen LogP contribution in [0, 0.1) is 0 Å². The molecule has 0 unspecified atom stereocenters. The fourth-order valence-electron chi connectivity index (χ4n) is 2.75. The summed E-state index contributed by atoms with van der Waals surface area (Å²) in [6.07, 6.45) is 19.2. The molecule has 0 aliphatic carbocycles. The van der Waals surface area contributed by atoms with Crippen molar-refractivity contribution in [2.75, 3.05) is 19.8 Å². The van der Waals surface area contributed by atoms with Gasteiger partial charge in [0.2, 0.25) is 0 Å². The molecule has 0 aliphatic heterocycles. The van der Waals surface area contributed by atoms with Crippen LogP contribution in [0.3, 0.4) is 0 Å². The Kier molecular flexibility index (Phi) is 27.4. The van der Waals surface area contributed by atoms with Gasteiger partial charge < -0.3 is 10.9 Å². The van der Waals surface area contributed by atoms with E-state index < -0.39 is 0 Å². The van der Waals surface area contributed by atoms with E-state index in [-0.39, 0.29) is 58.8 Å². The molecule has 24 heavy (non-hydrogen) atoms. The molecule has 0 saturated carbocycles. The van der Waals surface area contributed by atoms with Gasteiger partial charge in [-0.1, -0.05) is 90.4 Å². The Morgan fingerprint density at radius 2 is 1.08 bits per heavy atom. The van der Waals surface area contributed by atoms with E-state index in [0.29, 0.717) is 13.2 Å². The number of carbonyl (C=O) groups excluding carboxylic acids is 1. The van der Waals surface area contributed by atoms with Crippen LogP contribution in [0.15, 0.2) is 0 Å². The molecule has 0 aromatic heterocycles. The van der Waals surface area contributed by atoms with Crippen LogP contribution in [0.1, 0.15) is 105 Å². The van der Waals surface area contributed by atoms with Crippen molar-refractivity contribution in [3.63, 3.8) is 0 Å². The molecule has 0 atom stereocenters. The minimum Gasteiger partial charge on any atom is -1.00 e. The number of unbranched alkanes of at least 4 members (excludes halogenated alkanes) is 13. The Labute approximate surface area is 194 Å². The zero-order chi connectivity index (χ0) is 17.0. The van der Waals surface area contributed by atoms with Crippen molar-refractivity contribution in [1.82, 2.24) is 0 Å². The summed E-state index contributed by atoms with van der Waals surface area (Å²) >= 11 is 0. The Balaban J connectivity index is -0.00000242. The normalized spacial score (nSPS) is 10.4. The van der Waals surface area contributed by atoms with E-state index in [1.165, 1.54) is 90.4 Å². The van der Waals surface area contributed by atoms with Crippen molar-refractivity contribution in [3.05, 3.63) is 0 Å². The number of hydrogen-bond donors (Lipinski definition) is 0. The molecule has 0 fully saturated rings. The van der Waals surface area contributed by atoms with Gasteiger partial charge in [-0.3, -0.25) is 4.79 Å². The average molecular weight is 369 g/mol. The van der Waals surface area contributed by atoms with Gasteiger partial charge in [0, 0.05) is 13.5 Å². The number of ether oxygens (including phenoxy) is 2. The monoisotopic (exact) mass is 368 g/mol. The summed E-state index contributed by atoms with van der Waals surface area (Å²) in [5.41, 5.74) is 0. The molecule has 0 aromatic rings. The predicted octanol–water partition coefficient (Wildman–Crippen LogP) is 3.16. The maximum atomic E-state index is 10.5. The smallest absolute Gasteiger partial charge is 1.00 e. The summed E-state index contributed by atoms with van der Waals surface area (Å²) in [7, 11) is 0. The van der Waals surface area contributed by atoms with Gasteiger partial charge in [0.1, 0.15) is 6.61 Å². The molecular formula is C20H41KO3. The molecule has 0 saturated heterocycles. The van der Waals surface area contributed by atoms with Crippen molar-refractivity contribution < 1.29 is 67.1 Å². The van der Waals surface area contributed by atoms with Crippen molar-refractivity contribution in [3.8, 4) is 0 Å². The first-order chi connectivity index (χ1) is 11.3.